The first-order valence-electron chi connectivity index (χ1n) is 6.95. The Morgan fingerprint density at radius 1 is 1.00 bits per heavy atom. The lowest BCUT2D eigenvalue weighted by Gasteiger charge is -2.03. The van der Waals surface area contributed by atoms with E-state index in [9.17, 15) is 4.79 Å². The molecule has 0 radical (unpaired) electrons. The molecule has 0 amide bonds. The number of aromatic nitrogens is 2. The number of carbonyl (C=O) groups is 1. The molecule has 3 aromatic rings. The Morgan fingerprint density at radius 3 is 2.59 bits per heavy atom. The van der Waals surface area contributed by atoms with Gasteiger partial charge in [0.15, 0.2) is 0 Å². The molecule has 2 aromatic carbocycles. The van der Waals surface area contributed by atoms with Crippen LogP contribution < -0.4 is 0 Å². The van der Waals surface area contributed by atoms with Gasteiger partial charge in [-0.2, -0.15) is 0 Å². The monoisotopic (exact) mass is 284 g/mol. The minimum Gasteiger partial charge on any atom is -0.298 e. The van der Waals surface area contributed by atoms with Crippen LogP contribution in [0.3, 0.4) is 0 Å². The number of hydrogen-bond donors (Lipinski definition) is 0. The molecular weight excluding hydrogens is 272 g/mol. The highest BCUT2D eigenvalue weighted by Gasteiger charge is 2.27. The number of rotatable bonds is 2. The van der Waals surface area contributed by atoms with Gasteiger partial charge in [0.05, 0.1) is 22.4 Å². The number of benzene rings is 2. The summed E-state index contributed by atoms with van der Waals surface area (Å²) >= 11 is 0. The molecule has 1 aliphatic carbocycles. The summed E-state index contributed by atoms with van der Waals surface area (Å²) in [5.74, 6) is 0. The molecule has 0 fully saturated rings. The van der Waals surface area contributed by atoms with Gasteiger partial charge in [-0.1, -0.05) is 37.4 Å². The fourth-order valence-electron chi connectivity index (χ4n) is 2.94. The highest BCUT2D eigenvalue weighted by Crippen LogP contribution is 2.43. The van der Waals surface area contributed by atoms with Gasteiger partial charge in [0.2, 0.25) is 0 Å². The van der Waals surface area contributed by atoms with E-state index in [0.29, 0.717) is 11.1 Å². The zero-order chi connectivity index (χ0) is 15.3. The molecule has 0 N–H and O–H groups in total. The summed E-state index contributed by atoms with van der Waals surface area (Å²) in [4.78, 5) is 20.3. The third-order valence-electron chi connectivity index (χ3n) is 3.98. The van der Waals surface area contributed by atoms with Crippen LogP contribution >= 0.6 is 0 Å². The van der Waals surface area contributed by atoms with Gasteiger partial charge in [-0.05, 0) is 29.3 Å². The average Bonchev–Trinajstić information content (AvgIpc) is 2.85. The van der Waals surface area contributed by atoms with E-state index < -0.39 is 0 Å². The number of hydrogen-bond acceptors (Lipinski definition) is 3. The SMILES string of the molecule is C=Cc1cccc2c1C(=C)c1nc3ccc(C=O)cc3nc1-2. The van der Waals surface area contributed by atoms with Crippen LogP contribution in [0.5, 0.6) is 0 Å². The van der Waals surface area contributed by atoms with Crippen molar-refractivity contribution in [2.75, 3.05) is 0 Å². The van der Waals surface area contributed by atoms with Gasteiger partial charge < -0.3 is 0 Å². The van der Waals surface area contributed by atoms with Gasteiger partial charge in [0.1, 0.15) is 6.29 Å². The van der Waals surface area contributed by atoms with Crippen molar-refractivity contribution in [2.45, 2.75) is 0 Å². The molecule has 104 valence electrons. The molecule has 1 aliphatic rings. The summed E-state index contributed by atoms with van der Waals surface area (Å²) in [6.45, 7) is 8.04. The minimum absolute atomic E-state index is 0.596. The quantitative estimate of drug-likeness (QED) is 0.520. The molecule has 1 heterocycles. The summed E-state index contributed by atoms with van der Waals surface area (Å²) in [6.07, 6.45) is 2.64. The number of carbonyl (C=O) groups excluding carboxylic acids is 1. The summed E-state index contributed by atoms with van der Waals surface area (Å²) in [5.41, 5.74) is 7.65. The molecule has 0 unspecified atom stereocenters. The van der Waals surface area contributed by atoms with Crippen molar-refractivity contribution in [2.24, 2.45) is 0 Å². The van der Waals surface area contributed by atoms with Gasteiger partial charge in [-0.15, -0.1) is 0 Å². The maximum atomic E-state index is 10.9. The second-order valence-electron chi connectivity index (χ2n) is 5.24. The van der Waals surface area contributed by atoms with Gasteiger partial charge in [0.25, 0.3) is 0 Å². The lowest BCUT2D eigenvalue weighted by molar-refractivity contribution is 0.112. The zero-order valence-corrected chi connectivity index (χ0v) is 11.8. The van der Waals surface area contributed by atoms with Crippen LogP contribution in [0.4, 0.5) is 0 Å². The Balaban J connectivity index is 2.07. The maximum Gasteiger partial charge on any atom is 0.150 e. The van der Waals surface area contributed by atoms with E-state index in [4.69, 9.17) is 9.97 Å². The first kappa shape index (κ1) is 12.7. The molecule has 0 atom stereocenters. The van der Waals surface area contributed by atoms with E-state index in [1.54, 1.807) is 12.1 Å². The van der Waals surface area contributed by atoms with Crippen molar-refractivity contribution >= 4 is 29.0 Å². The van der Waals surface area contributed by atoms with E-state index in [2.05, 4.69) is 13.2 Å². The highest BCUT2D eigenvalue weighted by molar-refractivity contribution is 6.02. The van der Waals surface area contributed by atoms with Crippen LogP contribution in [0.1, 0.15) is 27.2 Å². The summed E-state index contributed by atoms with van der Waals surface area (Å²) < 4.78 is 0. The summed E-state index contributed by atoms with van der Waals surface area (Å²) in [7, 11) is 0. The normalized spacial score (nSPS) is 12.1. The fraction of sp³-hybridized carbons (Fsp3) is 0. The number of nitrogens with zero attached hydrogens (tertiary/aromatic N) is 2. The van der Waals surface area contributed by atoms with Crippen molar-refractivity contribution < 1.29 is 4.79 Å². The first-order chi connectivity index (χ1) is 10.7. The first-order valence-corrected chi connectivity index (χ1v) is 6.95. The Hall–Kier alpha value is -3.07. The molecule has 0 bridgehead atoms. The Labute approximate surface area is 127 Å². The smallest absolute Gasteiger partial charge is 0.150 e. The van der Waals surface area contributed by atoms with E-state index in [1.165, 1.54) is 0 Å². The second-order valence-corrected chi connectivity index (χ2v) is 5.24. The summed E-state index contributed by atoms with van der Waals surface area (Å²) in [5, 5.41) is 0. The topological polar surface area (TPSA) is 42.9 Å². The fourth-order valence-corrected chi connectivity index (χ4v) is 2.94. The van der Waals surface area contributed by atoms with Crippen molar-refractivity contribution in [3.63, 3.8) is 0 Å². The zero-order valence-electron chi connectivity index (χ0n) is 11.8. The third-order valence-corrected chi connectivity index (χ3v) is 3.98. The van der Waals surface area contributed by atoms with Crippen molar-refractivity contribution in [1.29, 1.82) is 0 Å². The number of aldehydes is 1. The standard InChI is InChI=1S/C19H12N2O/c1-3-13-5-4-6-14-17(13)11(2)18-19(14)21-16-9-12(10-22)7-8-15(16)20-18/h3-10H,1-2H2. The molecule has 3 heteroatoms. The van der Waals surface area contributed by atoms with Crippen LogP contribution in [0.25, 0.3) is 33.9 Å². The lowest BCUT2D eigenvalue weighted by atomic mass is 10.0. The minimum atomic E-state index is 0.596. The molecule has 1 aromatic heterocycles. The molecule has 22 heavy (non-hydrogen) atoms. The van der Waals surface area contributed by atoms with Crippen LogP contribution in [0.15, 0.2) is 49.6 Å². The van der Waals surface area contributed by atoms with Crippen molar-refractivity contribution in [3.8, 4) is 11.3 Å². The van der Waals surface area contributed by atoms with Crippen LogP contribution in [0.2, 0.25) is 0 Å². The molecule has 3 nitrogen and oxygen atoms in total. The van der Waals surface area contributed by atoms with E-state index >= 15 is 0 Å². The van der Waals surface area contributed by atoms with Gasteiger partial charge in [-0.3, -0.25) is 4.79 Å². The largest absolute Gasteiger partial charge is 0.298 e. The molecular formula is C19H12N2O. The molecule has 0 spiro atoms. The average molecular weight is 284 g/mol. The Bertz CT molecular complexity index is 986. The van der Waals surface area contributed by atoms with Gasteiger partial charge in [-0.25, -0.2) is 9.97 Å². The predicted molar refractivity (Wildman–Crippen MR) is 88.6 cm³/mol. The van der Waals surface area contributed by atoms with Crippen LogP contribution in [0, 0.1) is 0 Å². The molecule has 0 aliphatic heterocycles. The van der Waals surface area contributed by atoms with Crippen LogP contribution in [-0.2, 0) is 0 Å². The molecule has 0 saturated carbocycles. The van der Waals surface area contributed by atoms with Crippen molar-refractivity contribution in [1.82, 2.24) is 9.97 Å². The predicted octanol–water partition coefficient (Wildman–Crippen LogP) is 4.13. The highest BCUT2D eigenvalue weighted by atomic mass is 16.1. The van der Waals surface area contributed by atoms with Gasteiger partial charge >= 0.3 is 0 Å². The Kier molecular flexibility index (Phi) is 2.57. The van der Waals surface area contributed by atoms with Gasteiger partial charge in [0, 0.05) is 16.7 Å². The second kappa shape index (κ2) is 4.46. The number of fused-ring (bicyclic) bond motifs is 4. The van der Waals surface area contributed by atoms with Crippen molar-refractivity contribution in [3.05, 3.63) is 71.9 Å². The summed E-state index contributed by atoms with van der Waals surface area (Å²) in [6, 6.07) is 11.3. The van der Waals surface area contributed by atoms with Crippen LogP contribution in [-0.4, -0.2) is 16.3 Å². The third kappa shape index (κ3) is 1.59. The Morgan fingerprint density at radius 2 is 1.82 bits per heavy atom. The van der Waals surface area contributed by atoms with E-state index in [-0.39, 0.29) is 0 Å². The lowest BCUT2D eigenvalue weighted by Crippen LogP contribution is -1.93. The van der Waals surface area contributed by atoms with E-state index in [1.807, 2.05) is 30.3 Å². The van der Waals surface area contributed by atoms with E-state index in [0.717, 1.165) is 45.5 Å². The molecule has 4 rings (SSSR count). The maximum absolute atomic E-state index is 10.9. The molecule has 0 saturated heterocycles.